The number of carbonyl (C=O) groups excluding carboxylic acids is 1. The first-order valence-corrected chi connectivity index (χ1v) is 7.38. The Balaban J connectivity index is 1.61. The molecule has 0 radical (unpaired) electrons. The van der Waals surface area contributed by atoms with E-state index >= 15 is 0 Å². The van der Waals surface area contributed by atoms with Gasteiger partial charge in [-0.1, -0.05) is 12.1 Å². The monoisotopic (exact) mass is 353 g/mol. The van der Waals surface area contributed by atoms with E-state index in [1.54, 1.807) is 11.0 Å². The molecule has 0 atom stereocenters. The molecular weight excluding hydrogens is 339 g/mol. The van der Waals surface area contributed by atoms with Crippen LogP contribution < -0.4 is 9.64 Å². The zero-order valence-corrected chi connectivity index (χ0v) is 13.2. The average molecular weight is 353 g/mol. The number of rotatable bonds is 4. The number of benzene rings is 1. The second kappa shape index (κ2) is 6.58. The topological polar surface area (TPSA) is 64.5 Å². The van der Waals surface area contributed by atoms with Crippen LogP contribution in [-0.2, 0) is 10.9 Å². The number of carbonyl (C=O) groups is 1. The lowest BCUT2D eigenvalue weighted by Crippen LogP contribution is -2.54. The van der Waals surface area contributed by atoms with Gasteiger partial charge in [-0.3, -0.25) is 0 Å². The van der Waals surface area contributed by atoms with E-state index in [1.807, 2.05) is 0 Å². The Labute approximate surface area is 141 Å². The minimum absolute atomic E-state index is 0.0821. The summed E-state index contributed by atoms with van der Waals surface area (Å²) in [6.07, 6.45) is -4.85. The number of hydrogen-bond donors (Lipinski definition) is 0. The van der Waals surface area contributed by atoms with Crippen LogP contribution >= 0.6 is 0 Å². The zero-order chi connectivity index (χ0) is 18.0. The predicted octanol–water partition coefficient (Wildman–Crippen LogP) is 2.55. The largest absolute Gasteiger partial charge is 0.486 e. The molecule has 0 N–H and O–H groups in total. The van der Waals surface area contributed by atoms with Crippen LogP contribution in [0.2, 0.25) is 0 Å². The van der Waals surface area contributed by atoms with Crippen molar-refractivity contribution in [3.8, 4) is 5.75 Å². The maximum atomic E-state index is 12.9. The molecule has 0 aliphatic carbocycles. The molecule has 2 aromatic rings. The summed E-state index contributed by atoms with van der Waals surface area (Å²) in [6, 6.07) is 8.18. The van der Waals surface area contributed by atoms with Gasteiger partial charge in [0.25, 0.3) is 0 Å². The van der Waals surface area contributed by atoms with Crippen molar-refractivity contribution in [1.29, 1.82) is 0 Å². The van der Waals surface area contributed by atoms with Crippen LogP contribution in [0.3, 0.4) is 0 Å². The van der Waals surface area contributed by atoms with Gasteiger partial charge in [-0.05, 0) is 24.3 Å². The van der Waals surface area contributed by atoms with E-state index in [0.717, 1.165) is 6.07 Å². The first-order chi connectivity index (χ1) is 11.9. The molecule has 25 heavy (non-hydrogen) atoms. The molecule has 1 aromatic heterocycles. The van der Waals surface area contributed by atoms with Gasteiger partial charge in [-0.2, -0.15) is 13.2 Å². The SMILES string of the molecule is COC(=O)c1ccc(N2CC(Oc3ccccc3C(F)(F)F)C2)nn1. The molecule has 3 rings (SSSR count). The molecule has 1 saturated heterocycles. The van der Waals surface area contributed by atoms with E-state index in [9.17, 15) is 18.0 Å². The molecule has 1 aromatic carbocycles. The molecule has 6 nitrogen and oxygen atoms in total. The highest BCUT2D eigenvalue weighted by Gasteiger charge is 2.36. The van der Waals surface area contributed by atoms with Crippen molar-refractivity contribution in [3.05, 3.63) is 47.7 Å². The summed E-state index contributed by atoms with van der Waals surface area (Å²) < 4.78 is 48.8. The number of nitrogens with zero attached hydrogens (tertiary/aromatic N) is 3. The fourth-order valence-electron chi connectivity index (χ4n) is 2.39. The number of ether oxygens (including phenoxy) is 2. The number of esters is 1. The first kappa shape index (κ1) is 17.0. The molecule has 0 amide bonds. The summed E-state index contributed by atoms with van der Waals surface area (Å²) in [7, 11) is 1.24. The van der Waals surface area contributed by atoms with Gasteiger partial charge in [0, 0.05) is 0 Å². The standard InChI is InChI=1S/C16H14F3N3O3/c1-24-15(23)12-6-7-14(21-20-12)22-8-10(9-22)25-13-5-3-2-4-11(13)16(17,18)19/h2-7,10H,8-9H2,1H3. The smallest absolute Gasteiger partial charge is 0.419 e. The van der Waals surface area contributed by atoms with Gasteiger partial charge < -0.3 is 14.4 Å². The molecule has 1 fully saturated rings. The molecule has 9 heteroatoms. The number of alkyl halides is 3. The van der Waals surface area contributed by atoms with E-state index in [0.29, 0.717) is 18.9 Å². The minimum Gasteiger partial charge on any atom is -0.486 e. The lowest BCUT2D eigenvalue weighted by molar-refractivity contribution is -0.139. The van der Waals surface area contributed by atoms with Crippen molar-refractivity contribution < 1.29 is 27.4 Å². The summed E-state index contributed by atoms with van der Waals surface area (Å²) >= 11 is 0. The lowest BCUT2D eigenvalue weighted by atomic mass is 10.1. The Hall–Kier alpha value is -2.84. The molecular formula is C16H14F3N3O3. The highest BCUT2D eigenvalue weighted by Crippen LogP contribution is 2.37. The van der Waals surface area contributed by atoms with Crippen molar-refractivity contribution in [2.75, 3.05) is 25.1 Å². The molecule has 0 saturated carbocycles. The van der Waals surface area contributed by atoms with E-state index in [1.165, 1.54) is 31.4 Å². The molecule has 0 bridgehead atoms. The molecule has 1 aliphatic heterocycles. The zero-order valence-electron chi connectivity index (χ0n) is 13.2. The summed E-state index contributed by atoms with van der Waals surface area (Å²) in [5.74, 6) is -0.268. The summed E-state index contributed by atoms with van der Waals surface area (Å²) in [4.78, 5) is 13.1. The fraction of sp³-hybridized carbons (Fsp3) is 0.312. The average Bonchev–Trinajstić information content (AvgIpc) is 2.57. The highest BCUT2D eigenvalue weighted by molar-refractivity contribution is 5.87. The van der Waals surface area contributed by atoms with Gasteiger partial charge in [-0.25, -0.2) is 4.79 Å². The van der Waals surface area contributed by atoms with Crippen LogP contribution in [0.5, 0.6) is 5.75 Å². The second-order valence-corrected chi connectivity index (χ2v) is 5.41. The van der Waals surface area contributed by atoms with Crippen LogP contribution in [-0.4, -0.2) is 42.5 Å². The molecule has 0 unspecified atom stereocenters. The number of methoxy groups -OCH3 is 1. The third-order valence-electron chi connectivity index (χ3n) is 3.70. The normalized spacial score (nSPS) is 14.8. The van der Waals surface area contributed by atoms with Crippen LogP contribution in [0.15, 0.2) is 36.4 Å². The molecule has 132 valence electrons. The van der Waals surface area contributed by atoms with Crippen molar-refractivity contribution in [2.24, 2.45) is 0 Å². The van der Waals surface area contributed by atoms with E-state index in [-0.39, 0.29) is 17.5 Å². The molecule has 2 heterocycles. The quantitative estimate of drug-likeness (QED) is 0.787. The van der Waals surface area contributed by atoms with Gasteiger partial charge >= 0.3 is 12.1 Å². The number of hydrogen-bond acceptors (Lipinski definition) is 6. The number of halogens is 3. The third-order valence-corrected chi connectivity index (χ3v) is 3.70. The Bertz CT molecular complexity index is 759. The van der Waals surface area contributed by atoms with Crippen LogP contribution in [0.4, 0.5) is 19.0 Å². The Morgan fingerprint density at radius 3 is 2.48 bits per heavy atom. The Kier molecular flexibility index (Phi) is 4.47. The molecule has 1 aliphatic rings. The van der Waals surface area contributed by atoms with Crippen LogP contribution in [0, 0.1) is 0 Å². The van der Waals surface area contributed by atoms with E-state index in [2.05, 4.69) is 14.9 Å². The summed E-state index contributed by atoms with van der Waals surface area (Å²) in [5.41, 5.74) is -0.714. The fourth-order valence-corrected chi connectivity index (χ4v) is 2.39. The maximum absolute atomic E-state index is 12.9. The van der Waals surface area contributed by atoms with Crippen LogP contribution in [0.1, 0.15) is 16.1 Å². The third kappa shape index (κ3) is 3.65. The van der Waals surface area contributed by atoms with Crippen molar-refractivity contribution in [1.82, 2.24) is 10.2 Å². The second-order valence-electron chi connectivity index (χ2n) is 5.41. The predicted molar refractivity (Wildman–Crippen MR) is 81.4 cm³/mol. The minimum atomic E-state index is -4.46. The molecule has 0 spiro atoms. The lowest BCUT2D eigenvalue weighted by Gasteiger charge is -2.39. The highest BCUT2D eigenvalue weighted by atomic mass is 19.4. The van der Waals surface area contributed by atoms with Gasteiger partial charge in [0.1, 0.15) is 11.9 Å². The van der Waals surface area contributed by atoms with E-state index < -0.39 is 17.7 Å². The van der Waals surface area contributed by atoms with Gasteiger partial charge in [0.05, 0.1) is 25.8 Å². The summed E-state index contributed by atoms with van der Waals surface area (Å²) in [5, 5.41) is 7.66. The first-order valence-electron chi connectivity index (χ1n) is 7.38. The van der Waals surface area contributed by atoms with Crippen molar-refractivity contribution in [3.63, 3.8) is 0 Å². The van der Waals surface area contributed by atoms with Gasteiger partial charge in [0.15, 0.2) is 11.5 Å². The number of aromatic nitrogens is 2. The Morgan fingerprint density at radius 2 is 1.88 bits per heavy atom. The van der Waals surface area contributed by atoms with E-state index in [4.69, 9.17) is 4.74 Å². The van der Waals surface area contributed by atoms with Crippen molar-refractivity contribution >= 4 is 11.8 Å². The number of anilines is 1. The van der Waals surface area contributed by atoms with Crippen molar-refractivity contribution in [2.45, 2.75) is 12.3 Å². The maximum Gasteiger partial charge on any atom is 0.419 e. The van der Waals surface area contributed by atoms with Crippen LogP contribution in [0.25, 0.3) is 0 Å². The van der Waals surface area contributed by atoms with Gasteiger partial charge in [-0.15, -0.1) is 10.2 Å². The summed E-state index contributed by atoms with van der Waals surface area (Å²) in [6.45, 7) is 0.747. The number of para-hydroxylation sites is 1. The Morgan fingerprint density at radius 1 is 1.16 bits per heavy atom. The van der Waals surface area contributed by atoms with Gasteiger partial charge in [0.2, 0.25) is 0 Å².